The third kappa shape index (κ3) is 3.02. The standard InChI is InChI=1S/C14H14N2O5/c1-8(2)16-10(7-9(15-16)13(18)19)14(20)21-12-6-4-3-5-11(12)17/h3-8,17H,1-2H3,(H,18,19). The Kier molecular flexibility index (Phi) is 3.93. The molecular formula is C14H14N2O5. The summed E-state index contributed by atoms with van der Waals surface area (Å²) < 4.78 is 6.34. The second-order valence-corrected chi connectivity index (χ2v) is 4.62. The Morgan fingerprint density at radius 3 is 2.52 bits per heavy atom. The summed E-state index contributed by atoms with van der Waals surface area (Å²) in [6.07, 6.45) is 0. The van der Waals surface area contributed by atoms with Crippen LogP contribution in [0.2, 0.25) is 0 Å². The molecule has 1 aromatic carbocycles. The van der Waals surface area contributed by atoms with Gasteiger partial charge in [0.25, 0.3) is 0 Å². The molecule has 0 atom stereocenters. The minimum absolute atomic E-state index is 0.00381. The summed E-state index contributed by atoms with van der Waals surface area (Å²) in [5.41, 5.74) is -0.237. The number of esters is 1. The molecule has 7 heteroatoms. The van der Waals surface area contributed by atoms with Gasteiger partial charge in [-0.25, -0.2) is 9.59 Å². The molecule has 1 heterocycles. The highest BCUT2D eigenvalue weighted by Crippen LogP contribution is 2.25. The molecule has 21 heavy (non-hydrogen) atoms. The predicted molar refractivity (Wildman–Crippen MR) is 72.6 cm³/mol. The zero-order valence-electron chi connectivity index (χ0n) is 11.5. The van der Waals surface area contributed by atoms with E-state index in [2.05, 4.69) is 5.10 Å². The van der Waals surface area contributed by atoms with Crippen molar-refractivity contribution in [1.82, 2.24) is 9.78 Å². The number of hydrogen-bond acceptors (Lipinski definition) is 5. The van der Waals surface area contributed by atoms with Crippen LogP contribution in [0.25, 0.3) is 0 Å². The summed E-state index contributed by atoms with van der Waals surface area (Å²) >= 11 is 0. The van der Waals surface area contributed by atoms with Gasteiger partial charge in [-0.1, -0.05) is 12.1 Å². The largest absolute Gasteiger partial charge is 0.504 e. The molecule has 0 fully saturated rings. The van der Waals surface area contributed by atoms with Gasteiger partial charge in [-0.3, -0.25) is 4.68 Å². The first-order valence-corrected chi connectivity index (χ1v) is 6.23. The van der Waals surface area contributed by atoms with Crippen molar-refractivity contribution in [3.63, 3.8) is 0 Å². The lowest BCUT2D eigenvalue weighted by atomic mass is 10.3. The highest BCUT2D eigenvalue weighted by Gasteiger charge is 2.22. The SMILES string of the molecule is CC(C)n1nc(C(=O)O)cc1C(=O)Oc1ccccc1O. The van der Waals surface area contributed by atoms with Crippen LogP contribution in [0.15, 0.2) is 30.3 Å². The van der Waals surface area contributed by atoms with E-state index in [1.807, 2.05) is 0 Å². The minimum atomic E-state index is -1.23. The second-order valence-electron chi connectivity index (χ2n) is 4.62. The van der Waals surface area contributed by atoms with E-state index in [0.717, 1.165) is 6.07 Å². The van der Waals surface area contributed by atoms with E-state index >= 15 is 0 Å². The van der Waals surface area contributed by atoms with Crippen LogP contribution in [0.3, 0.4) is 0 Å². The topological polar surface area (TPSA) is 102 Å². The molecule has 2 N–H and O–H groups in total. The van der Waals surface area contributed by atoms with Gasteiger partial charge in [-0.05, 0) is 26.0 Å². The fraction of sp³-hybridized carbons (Fsp3) is 0.214. The summed E-state index contributed by atoms with van der Waals surface area (Å²) in [4.78, 5) is 23.1. The van der Waals surface area contributed by atoms with Gasteiger partial charge in [0.15, 0.2) is 17.2 Å². The molecule has 0 bridgehead atoms. The van der Waals surface area contributed by atoms with Crippen LogP contribution in [0.1, 0.15) is 40.9 Å². The van der Waals surface area contributed by atoms with Crippen molar-refractivity contribution < 1.29 is 24.5 Å². The maximum atomic E-state index is 12.1. The molecule has 0 saturated carbocycles. The van der Waals surface area contributed by atoms with E-state index in [-0.39, 0.29) is 28.9 Å². The third-order valence-electron chi connectivity index (χ3n) is 2.72. The number of para-hydroxylation sites is 2. The zero-order chi connectivity index (χ0) is 15.6. The van der Waals surface area contributed by atoms with Gasteiger partial charge in [0.1, 0.15) is 5.69 Å². The van der Waals surface area contributed by atoms with Gasteiger partial charge in [-0.15, -0.1) is 0 Å². The number of carboxylic acids is 1. The number of rotatable bonds is 4. The number of hydrogen-bond donors (Lipinski definition) is 2. The van der Waals surface area contributed by atoms with Crippen molar-refractivity contribution in [2.75, 3.05) is 0 Å². The Balaban J connectivity index is 2.35. The first kappa shape index (κ1) is 14.6. The lowest BCUT2D eigenvalue weighted by Gasteiger charge is -2.10. The monoisotopic (exact) mass is 290 g/mol. The number of aromatic nitrogens is 2. The summed E-state index contributed by atoms with van der Waals surface area (Å²) in [6, 6.07) is 6.93. The van der Waals surface area contributed by atoms with Crippen LogP contribution < -0.4 is 4.74 Å². The first-order valence-electron chi connectivity index (χ1n) is 6.23. The average molecular weight is 290 g/mol. The quantitative estimate of drug-likeness (QED) is 0.660. The van der Waals surface area contributed by atoms with Crippen LogP contribution in [0.4, 0.5) is 0 Å². The van der Waals surface area contributed by atoms with Gasteiger partial charge < -0.3 is 14.9 Å². The number of benzene rings is 1. The molecule has 2 aromatic rings. The van der Waals surface area contributed by atoms with Crippen molar-refractivity contribution in [3.8, 4) is 11.5 Å². The molecule has 1 aromatic heterocycles. The van der Waals surface area contributed by atoms with E-state index in [1.54, 1.807) is 26.0 Å². The van der Waals surface area contributed by atoms with E-state index in [1.165, 1.54) is 16.8 Å². The number of carbonyl (C=O) groups excluding carboxylic acids is 1. The fourth-order valence-corrected chi connectivity index (χ4v) is 1.74. The molecule has 110 valence electrons. The maximum Gasteiger partial charge on any atom is 0.362 e. The van der Waals surface area contributed by atoms with Gasteiger partial charge in [-0.2, -0.15) is 5.10 Å². The number of phenolic OH excluding ortho intramolecular Hbond substituents is 1. The van der Waals surface area contributed by atoms with Crippen LogP contribution in [0, 0.1) is 0 Å². The number of nitrogens with zero attached hydrogens (tertiary/aromatic N) is 2. The number of carbonyl (C=O) groups is 2. The van der Waals surface area contributed by atoms with Crippen molar-refractivity contribution in [1.29, 1.82) is 0 Å². The summed E-state index contributed by atoms with van der Waals surface area (Å²) in [6.45, 7) is 3.52. The van der Waals surface area contributed by atoms with Crippen molar-refractivity contribution in [3.05, 3.63) is 41.7 Å². The smallest absolute Gasteiger partial charge is 0.362 e. The van der Waals surface area contributed by atoms with E-state index < -0.39 is 11.9 Å². The molecule has 7 nitrogen and oxygen atoms in total. The van der Waals surface area contributed by atoms with Gasteiger partial charge in [0.05, 0.1) is 0 Å². The number of phenols is 1. The fourth-order valence-electron chi connectivity index (χ4n) is 1.74. The normalized spacial score (nSPS) is 10.6. The van der Waals surface area contributed by atoms with Crippen molar-refractivity contribution in [2.45, 2.75) is 19.9 Å². The number of carboxylic acid groups (broad SMARTS) is 1. The summed E-state index contributed by atoms with van der Waals surface area (Å²) in [7, 11) is 0. The molecule has 2 rings (SSSR count). The first-order chi connectivity index (χ1) is 9.90. The Hall–Kier alpha value is -2.83. The Labute approximate surface area is 120 Å². The third-order valence-corrected chi connectivity index (χ3v) is 2.72. The predicted octanol–water partition coefficient (Wildman–Crippen LogP) is 2.09. The molecule has 0 aliphatic carbocycles. The molecular weight excluding hydrogens is 276 g/mol. The maximum absolute atomic E-state index is 12.1. The Morgan fingerprint density at radius 1 is 1.29 bits per heavy atom. The highest BCUT2D eigenvalue weighted by molar-refractivity contribution is 5.93. The summed E-state index contributed by atoms with van der Waals surface area (Å²) in [5.74, 6) is -2.20. The Bertz CT molecular complexity index is 690. The minimum Gasteiger partial charge on any atom is -0.504 e. The number of ether oxygens (including phenoxy) is 1. The van der Waals surface area contributed by atoms with Crippen LogP contribution in [0.5, 0.6) is 11.5 Å². The van der Waals surface area contributed by atoms with E-state index in [4.69, 9.17) is 9.84 Å². The van der Waals surface area contributed by atoms with Crippen LogP contribution in [-0.4, -0.2) is 31.9 Å². The van der Waals surface area contributed by atoms with Crippen LogP contribution in [-0.2, 0) is 0 Å². The summed E-state index contributed by atoms with van der Waals surface area (Å²) in [5, 5.41) is 22.4. The molecule has 0 unspecified atom stereocenters. The van der Waals surface area contributed by atoms with Gasteiger partial charge >= 0.3 is 11.9 Å². The number of aromatic hydroxyl groups is 1. The molecule has 0 radical (unpaired) electrons. The zero-order valence-corrected chi connectivity index (χ0v) is 11.5. The lowest BCUT2D eigenvalue weighted by Crippen LogP contribution is -2.17. The lowest BCUT2D eigenvalue weighted by molar-refractivity contribution is 0.0686. The molecule has 0 spiro atoms. The van der Waals surface area contributed by atoms with Gasteiger partial charge in [0, 0.05) is 12.1 Å². The average Bonchev–Trinajstić information content (AvgIpc) is 2.87. The molecule has 0 amide bonds. The van der Waals surface area contributed by atoms with Crippen molar-refractivity contribution in [2.24, 2.45) is 0 Å². The Morgan fingerprint density at radius 2 is 1.95 bits per heavy atom. The molecule has 0 saturated heterocycles. The second kappa shape index (κ2) is 5.66. The molecule has 0 aliphatic rings. The van der Waals surface area contributed by atoms with E-state index in [9.17, 15) is 14.7 Å². The molecule has 0 aliphatic heterocycles. The van der Waals surface area contributed by atoms with Crippen LogP contribution >= 0.6 is 0 Å². The van der Waals surface area contributed by atoms with Crippen molar-refractivity contribution >= 4 is 11.9 Å². The van der Waals surface area contributed by atoms with E-state index in [0.29, 0.717) is 0 Å². The van der Waals surface area contributed by atoms with Gasteiger partial charge in [0.2, 0.25) is 0 Å². The highest BCUT2D eigenvalue weighted by atomic mass is 16.5. The number of aromatic carboxylic acids is 1.